The van der Waals surface area contributed by atoms with Crippen LogP contribution in [0, 0.1) is 0 Å². The summed E-state index contributed by atoms with van der Waals surface area (Å²) in [4.78, 5) is 13.5. The van der Waals surface area contributed by atoms with E-state index < -0.39 is 6.09 Å². The van der Waals surface area contributed by atoms with Gasteiger partial charge in [0.05, 0.1) is 0 Å². The normalized spacial score (nSPS) is 17.9. The number of carboxylic acid groups (broad SMARTS) is 1. The zero-order valence-corrected chi connectivity index (χ0v) is 14.9. The van der Waals surface area contributed by atoms with E-state index in [1.54, 1.807) is 0 Å². The lowest BCUT2D eigenvalue weighted by molar-refractivity contribution is 0.194. The molecular weight excluding hydrogens is 326 g/mol. The second kappa shape index (κ2) is 7.00. The highest BCUT2D eigenvalue weighted by molar-refractivity contribution is 5.68. The van der Waals surface area contributed by atoms with Gasteiger partial charge in [-0.3, -0.25) is 0 Å². The van der Waals surface area contributed by atoms with Crippen LogP contribution in [0.15, 0.2) is 48.5 Å². The number of carbonyl (C=O) groups is 1. The van der Waals surface area contributed by atoms with Gasteiger partial charge in [0.15, 0.2) is 0 Å². The van der Waals surface area contributed by atoms with Crippen LogP contribution in [0.25, 0.3) is 0 Å². The summed E-state index contributed by atoms with van der Waals surface area (Å²) in [5.41, 5.74) is 5.15. The molecule has 2 aromatic rings. The summed E-state index contributed by atoms with van der Waals surface area (Å²) in [7, 11) is 0. The minimum Gasteiger partial charge on any atom is -0.465 e. The van der Waals surface area contributed by atoms with Crippen LogP contribution < -0.4 is 15.5 Å². The zero-order chi connectivity index (χ0) is 18.0. The van der Waals surface area contributed by atoms with Gasteiger partial charge in [-0.05, 0) is 48.7 Å². The lowest BCUT2D eigenvalue weighted by atomic mass is 9.73. The molecular formula is C21H25N3O2. The second-order valence-corrected chi connectivity index (χ2v) is 7.34. The molecule has 0 bridgehead atoms. The summed E-state index contributed by atoms with van der Waals surface area (Å²) >= 11 is 0. The Morgan fingerprint density at radius 2 is 1.88 bits per heavy atom. The first kappa shape index (κ1) is 16.9. The monoisotopic (exact) mass is 351 g/mol. The summed E-state index contributed by atoms with van der Waals surface area (Å²) in [5, 5.41) is 15.1. The standard InChI is InChI=1S/C21H25N3O2/c25-20(26)23-13-17-7-4-8-18-19(17)21(9-11-22-12-10-21)15-24(18)14-16-5-2-1-3-6-16/h1-8,22-23H,9-15H2,(H,25,26). The van der Waals surface area contributed by atoms with Crippen molar-refractivity contribution in [2.75, 3.05) is 24.5 Å². The summed E-state index contributed by atoms with van der Waals surface area (Å²) in [6.07, 6.45) is 1.21. The third kappa shape index (κ3) is 3.15. The number of hydrogen-bond donors (Lipinski definition) is 3. The summed E-state index contributed by atoms with van der Waals surface area (Å²) < 4.78 is 0. The van der Waals surface area contributed by atoms with E-state index >= 15 is 0 Å². The van der Waals surface area contributed by atoms with Crippen molar-refractivity contribution < 1.29 is 9.90 Å². The number of fused-ring (bicyclic) bond motifs is 2. The van der Waals surface area contributed by atoms with Crippen molar-refractivity contribution in [2.24, 2.45) is 0 Å². The van der Waals surface area contributed by atoms with Crippen molar-refractivity contribution in [3.05, 3.63) is 65.2 Å². The maximum absolute atomic E-state index is 11.0. The first-order valence-electron chi connectivity index (χ1n) is 9.27. The Morgan fingerprint density at radius 1 is 1.12 bits per heavy atom. The molecule has 1 saturated heterocycles. The van der Waals surface area contributed by atoms with Gasteiger partial charge in [-0.15, -0.1) is 0 Å². The maximum atomic E-state index is 11.0. The average molecular weight is 351 g/mol. The Balaban J connectivity index is 1.71. The van der Waals surface area contributed by atoms with E-state index in [1.165, 1.54) is 16.8 Å². The van der Waals surface area contributed by atoms with E-state index in [0.717, 1.165) is 44.6 Å². The molecule has 2 heterocycles. The van der Waals surface area contributed by atoms with Gasteiger partial charge in [-0.25, -0.2) is 4.79 Å². The third-order valence-corrected chi connectivity index (χ3v) is 5.70. The number of nitrogens with zero attached hydrogens (tertiary/aromatic N) is 1. The van der Waals surface area contributed by atoms with Crippen molar-refractivity contribution in [1.82, 2.24) is 10.6 Å². The fraction of sp³-hybridized carbons (Fsp3) is 0.381. The number of amides is 1. The van der Waals surface area contributed by atoms with E-state index in [1.807, 2.05) is 6.07 Å². The molecule has 136 valence electrons. The molecule has 2 aliphatic rings. The lowest BCUT2D eigenvalue weighted by Gasteiger charge is -2.36. The van der Waals surface area contributed by atoms with Gasteiger partial charge < -0.3 is 20.6 Å². The van der Waals surface area contributed by atoms with E-state index in [-0.39, 0.29) is 5.41 Å². The summed E-state index contributed by atoms with van der Waals surface area (Å²) in [6, 6.07) is 16.9. The molecule has 1 spiro atoms. The molecule has 1 fully saturated rings. The van der Waals surface area contributed by atoms with Crippen LogP contribution >= 0.6 is 0 Å². The molecule has 2 aromatic carbocycles. The molecule has 1 amide bonds. The highest BCUT2D eigenvalue weighted by atomic mass is 16.4. The fourth-order valence-electron chi connectivity index (χ4n) is 4.57. The molecule has 0 aromatic heterocycles. The van der Waals surface area contributed by atoms with Crippen LogP contribution in [0.3, 0.4) is 0 Å². The number of benzene rings is 2. The molecule has 2 aliphatic heterocycles. The molecule has 0 atom stereocenters. The molecule has 26 heavy (non-hydrogen) atoms. The Morgan fingerprint density at radius 3 is 2.62 bits per heavy atom. The Kier molecular flexibility index (Phi) is 4.55. The highest BCUT2D eigenvalue weighted by Gasteiger charge is 2.44. The van der Waals surface area contributed by atoms with Crippen molar-refractivity contribution in [3.63, 3.8) is 0 Å². The van der Waals surface area contributed by atoms with Crippen LogP contribution in [0.2, 0.25) is 0 Å². The topological polar surface area (TPSA) is 64.6 Å². The summed E-state index contributed by atoms with van der Waals surface area (Å²) in [5.74, 6) is 0. The molecule has 0 saturated carbocycles. The number of hydrogen-bond acceptors (Lipinski definition) is 3. The Bertz CT molecular complexity index is 785. The largest absolute Gasteiger partial charge is 0.465 e. The summed E-state index contributed by atoms with van der Waals surface area (Å²) in [6.45, 7) is 4.29. The van der Waals surface area contributed by atoms with Crippen molar-refractivity contribution in [2.45, 2.75) is 31.3 Å². The average Bonchev–Trinajstić information content (AvgIpc) is 2.95. The van der Waals surface area contributed by atoms with E-state index in [4.69, 9.17) is 5.11 Å². The van der Waals surface area contributed by atoms with Crippen molar-refractivity contribution in [1.29, 1.82) is 0 Å². The van der Waals surface area contributed by atoms with Gasteiger partial charge in [-0.2, -0.15) is 0 Å². The zero-order valence-electron chi connectivity index (χ0n) is 14.9. The number of nitrogens with one attached hydrogen (secondary N) is 2. The number of rotatable bonds is 4. The fourth-order valence-corrected chi connectivity index (χ4v) is 4.57. The molecule has 5 heteroatoms. The highest BCUT2D eigenvalue weighted by Crippen LogP contribution is 2.48. The van der Waals surface area contributed by atoms with Crippen LogP contribution in [-0.4, -0.2) is 30.8 Å². The Labute approximate surface area is 154 Å². The third-order valence-electron chi connectivity index (χ3n) is 5.70. The molecule has 3 N–H and O–H groups in total. The maximum Gasteiger partial charge on any atom is 0.404 e. The van der Waals surface area contributed by atoms with E-state index in [0.29, 0.717) is 6.54 Å². The smallest absolute Gasteiger partial charge is 0.404 e. The van der Waals surface area contributed by atoms with Gasteiger partial charge in [0.25, 0.3) is 0 Å². The quantitative estimate of drug-likeness (QED) is 0.792. The van der Waals surface area contributed by atoms with Crippen LogP contribution in [0.5, 0.6) is 0 Å². The van der Waals surface area contributed by atoms with Gasteiger partial charge in [0.1, 0.15) is 0 Å². The molecule has 4 rings (SSSR count). The molecule has 0 unspecified atom stereocenters. The van der Waals surface area contributed by atoms with Crippen molar-refractivity contribution >= 4 is 11.8 Å². The minimum absolute atomic E-state index is 0.117. The lowest BCUT2D eigenvalue weighted by Crippen LogP contribution is -2.43. The first-order chi connectivity index (χ1) is 12.7. The van der Waals surface area contributed by atoms with Crippen LogP contribution in [0.1, 0.15) is 29.5 Å². The van der Waals surface area contributed by atoms with Crippen LogP contribution in [-0.2, 0) is 18.5 Å². The first-order valence-corrected chi connectivity index (χ1v) is 9.27. The number of piperidine rings is 1. The van der Waals surface area contributed by atoms with Gasteiger partial charge in [0, 0.05) is 30.7 Å². The molecule has 0 aliphatic carbocycles. The number of anilines is 1. The SMILES string of the molecule is O=C(O)NCc1cccc2c1C1(CCNCC1)CN2Cc1ccccc1. The predicted molar refractivity (Wildman–Crippen MR) is 103 cm³/mol. The molecule has 5 nitrogen and oxygen atoms in total. The second-order valence-electron chi connectivity index (χ2n) is 7.34. The van der Waals surface area contributed by atoms with E-state index in [9.17, 15) is 4.79 Å². The van der Waals surface area contributed by atoms with Crippen LogP contribution in [0.4, 0.5) is 10.5 Å². The predicted octanol–water partition coefficient (Wildman–Crippen LogP) is 3.10. The van der Waals surface area contributed by atoms with E-state index in [2.05, 4.69) is 58.0 Å². The minimum atomic E-state index is -0.971. The van der Waals surface area contributed by atoms with Crippen molar-refractivity contribution in [3.8, 4) is 0 Å². The van der Waals surface area contributed by atoms with Gasteiger partial charge in [0.2, 0.25) is 0 Å². The van der Waals surface area contributed by atoms with Gasteiger partial charge >= 0.3 is 6.09 Å². The Hall–Kier alpha value is -2.53. The van der Waals surface area contributed by atoms with Gasteiger partial charge in [-0.1, -0.05) is 42.5 Å². The molecule has 0 radical (unpaired) electrons.